The van der Waals surface area contributed by atoms with E-state index in [1.807, 2.05) is 13.0 Å². The molecular formula is C16H14FN7. The molecule has 4 aromatic rings. The van der Waals surface area contributed by atoms with Crippen LogP contribution >= 0.6 is 0 Å². The van der Waals surface area contributed by atoms with E-state index in [1.54, 1.807) is 29.3 Å². The molecule has 120 valence electrons. The van der Waals surface area contributed by atoms with Gasteiger partial charge >= 0.3 is 0 Å². The summed E-state index contributed by atoms with van der Waals surface area (Å²) in [6.45, 7) is 2.05. The Kier molecular flexibility index (Phi) is 3.49. The van der Waals surface area contributed by atoms with Crippen molar-refractivity contribution in [3.05, 3.63) is 66.0 Å². The van der Waals surface area contributed by atoms with Gasteiger partial charge in [0.2, 0.25) is 0 Å². The van der Waals surface area contributed by atoms with Gasteiger partial charge in [-0.3, -0.25) is 0 Å². The van der Waals surface area contributed by atoms with E-state index in [9.17, 15) is 4.39 Å². The van der Waals surface area contributed by atoms with Crippen molar-refractivity contribution in [1.82, 2.24) is 34.3 Å². The normalized spacial score (nSPS) is 11.2. The van der Waals surface area contributed by atoms with Crippen LogP contribution in [-0.4, -0.2) is 34.3 Å². The van der Waals surface area contributed by atoms with E-state index in [2.05, 4.69) is 25.1 Å². The van der Waals surface area contributed by atoms with Gasteiger partial charge in [-0.05, 0) is 24.6 Å². The van der Waals surface area contributed by atoms with Gasteiger partial charge in [-0.25, -0.2) is 28.5 Å². The molecule has 0 saturated carbocycles. The van der Waals surface area contributed by atoms with Crippen LogP contribution < -0.4 is 0 Å². The minimum absolute atomic E-state index is 0.180. The van der Waals surface area contributed by atoms with Crippen LogP contribution in [0.15, 0.2) is 43.2 Å². The summed E-state index contributed by atoms with van der Waals surface area (Å²) < 4.78 is 17.2. The lowest BCUT2D eigenvalue weighted by molar-refractivity contribution is 0.596. The average Bonchev–Trinajstić information content (AvgIpc) is 3.24. The highest BCUT2D eigenvalue weighted by atomic mass is 19.1. The van der Waals surface area contributed by atoms with Gasteiger partial charge < -0.3 is 0 Å². The summed E-state index contributed by atoms with van der Waals surface area (Å²) in [5.74, 6) is -0.238. The Labute approximate surface area is 136 Å². The number of pyridine rings is 1. The van der Waals surface area contributed by atoms with Crippen molar-refractivity contribution in [3.8, 4) is 5.82 Å². The number of rotatable bonds is 4. The number of nitrogens with zero attached hydrogens (tertiary/aromatic N) is 7. The van der Waals surface area contributed by atoms with Crippen LogP contribution in [0.2, 0.25) is 0 Å². The maximum atomic E-state index is 14.0. The van der Waals surface area contributed by atoms with Gasteiger partial charge in [0.05, 0.1) is 11.4 Å². The van der Waals surface area contributed by atoms with Gasteiger partial charge in [0.1, 0.15) is 12.7 Å². The zero-order valence-electron chi connectivity index (χ0n) is 13.0. The molecule has 0 saturated heterocycles. The fourth-order valence-corrected chi connectivity index (χ4v) is 2.76. The lowest BCUT2D eigenvalue weighted by Crippen LogP contribution is -2.10. The molecule has 0 N–H and O–H groups in total. The maximum Gasteiger partial charge on any atom is 0.189 e. The third-order valence-electron chi connectivity index (χ3n) is 3.88. The fourth-order valence-electron chi connectivity index (χ4n) is 2.76. The van der Waals surface area contributed by atoms with E-state index in [0.717, 1.165) is 29.0 Å². The number of aromatic nitrogens is 7. The van der Waals surface area contributed by atoms with Crippen molar-refractivity contribution in [3.63, 3.8) is 0 Å². The van der Waals surface area contributed by atoms with E-state index in [-0.39, 0.29) is 5.82 Å². The third kappa shape index (κ3) is 2.32. The molecular weight excluding hydrogens is 309 g/mol. The largest absolute Gasteiger partial charge is 0.240 e. The molecule has 0 bridgehead atoms. The highest BCUT2D eigenvalue weighted by Crippen LogP contribution is 2.18. The summed E-state index contributed by atoms with van der Waals surface area (Å²) in [5, 5.41) is 8.31. The first kappa shape index (κ1) is 14.4. The van der Waals surface area contributed by atoms with Crippen LogP contribution in [0.1, 0.15) is 23.9 Å². The van der Waals surface area contributed by atoms with E-state index in [1.165, 1.54) is 17.1 Å². The highest BCUT2D eigenvalue weighted by Gasteiger charge is 2.15. The quantitative estimate of drug-likeness (QED) is 0.574. The Morgan fingerprint density at radius 2 is 2.00 bits per heavy atom. The SMILES string of the molecule is CCc1c(Cc2ccnn2-c2ncccc2F)ncn2ncnc12. The Hall–Kier alpha value is -3.16. The van der Waals surface area contributed by atoms with Crippen molar-refractivity contribution in [1.29, 1.82) is 0 Å². The van der Waals surface area contributed by atoms with Gasteiger partial charge in [0.15, 0.2) is 17.3 Å². The summed E-state index contributed by atoms with van der Waals surface area (Å²) >= 11 is 0. The van der Waals surface area contributed by atoms with Gasteiger partial charge in [-0.2, -0.15) is 10.2 Å². The Balaban J connectivity index is 1.78. The molecule has 0 spiro atoms. The molecule has 24 heavy (non-hydrogen) atoms. The lowest BCUT2D eigenvalue weighted by Gasteiger charge is -2.10. The first-order valence-electron chi connectivity index (χ1n) is 7.57. The molecule has 0 aliphatic rings. The predicted molar refractivity (Wildman–Crippen MR) is 84.3 cm³/mol. The molecule has 7 nitrogen and oxygen atoms in total. The molecule has 0 atom stereocenters. The number of halogens is 1. The molecule has 0 aliphatic carbocycles. The van der Waals surface area contributed by atoms with Crippen LogP contribution in [0.3, 0.4) is 0 Å². The summed E-state index contributed by atoms with van der Waals surface area (Å²) in [6.07, 6.45) is 7.60. The standard InChI is InChI=1S/C16H14FN7/c1-2-12-14(20-10-23-15(12)19-9-22-23)8-11-5-7-21-24(11)16-13(17)4-3-6-18-16/h3-7,9-10H,2,8H2,1H3. The number of fused-ring (bicyclic) bond motifs is 1. The van der Waals surface area contributed by atoms with Crippen molar-refractivity contribution in [2.24, 2.45) is 0 Å². The third-order valence-corrected chi connectivity index (χ3v) is 3.88. The minimum atomic E-state index is -0.418. The topological polar surface area (TPSA) is 73.8 Å². The zero-order valence-corrected chi connectivity index (χ0v) is 13.0. The summed E-state index contributed by atoms with van der Waals surface area (Å²) in [5.41, 5.74) is 3.48. The Morgan fingerprint density at radius 1 is 1.08 bits per heavy atom. The second-order valence-electron chi connectivity index (χ2n) is 5.27. The summed E-state index contributed by atoms with van der Waals surface area (Å²) in [6, 6.07) is 4.76. The first-order valence-corrected chi connectivity index (χ1v) is 7.57. The van der Waals surface area contributed by atoms with Crippen molar-refractivity contribution >= 4 is 5.65 Å². The molecule has 0 aliphatic heterocycles. The molecule has 0 radical (unpaired) electrons. The minimum Gasteiger partial charge on any atom is -0.240 e. The van der Waals surface area contributed by atoms with Gasteiger partial charge in [-0.1, -0.05) is 6.92 Å². The van der Waals surface area contributed by atoms with Crippen LogP contribution in [0.4, 0.5) is 4.39 Å². The summed E-state index contributed by atoms with van der Waals surface area (Å²) in [7, 11) is 0. The Morgan fingerprint density at radius 3 is 2.83 bits per heavy atom. The summed E-state index contributed by atoms with van der Waals surface area (Å²) in [4.78, 5) is 12.9. The fraction of sp³-hybridized carbons (Fsp3) is 0.188. The second-order valence-corrected chi connectivity index (χ2v) is 5.27. The van der Waals surface area contributed by atoms with E-state index < -0.39 is 5.82 Å². The molecule has 4 aromatic heterocycles. The molecule has 8 heteroatoms. The van der Waals surface area contributed by atoms with E-state index >= 15 is 0 Å². The Bertz CT molecular complexity index is 1000. The second kappa shape index (κ2) is 5.80. The average molecular weight is 323 g/mol. The number of aryl methyl sites for hydroxylation is 1. The van der Waals surface area contributed by atoms with Gasteiger partial charge in [0.25, 0.3) is 0 Å². The van der Waals surface area contributed by atoms with Crippen molar-refractivity contribution in [2.45, 2.75) is 19.8 Å². The molecule has 0 fully saturated rings. The molecule has 0 aromatic carbocycles. The molecule has 0 amide bonds. The predicted octanol–water partition coefficient (Wildman–Crippen LogP) is 2.00. The lowest BCUT2D eigenvalue weighted by atomic mass is 10.1. The highest BCUT2D eigenvalue weighted by molar-refractivity contribution is 5.49. The van der Waals surface area contributed by atoms with Crippen LogP contribution in [0.25, 0.3) is 11.5 Å². The van der Waals surface area contributed by atoms with Crippen LogP contribution in [0, 0.1) is 5.82 Å². The van der Waals surface area contributed by atoms with Gasteiger partial charge in [-0.15, -0.1) is 0 Å². The first-order chi connectivity index (χ1) is 11.8. The molecule has 4 rings (SSSR count). The zero-order chi connectivity index (χ0) is 16.5. The van der Waals surface area contributed by atoms with Crippen molar-refractivity contribution in [2.75, 3.05) is 0 Å². The van der Waals surface area contributed by atoms with Crippen LogP contribution in [0.5, 0.6) is 0 Å². The maximum absolute atomic E-state index is 14.0. The van der Waals surface area contributed by atoms with Gasteiger partial charge in [0, 0.05) is 24.4 Å². The molecule has 4 heterocycles. The van der Waals surface area contributed by atoms with E-state index in [4.69, 9.17) is 0 Å². The number of hydrogen-bond donors (Lipinski definition) is 0. The van der Waals surface area contributed by atoms with Crippen molar-refractivity contribution < 1.29 is 4.39 Å². The van der Waals surface area contributed by atoms with E-state index in [0.29, 0.717) is 6.42 Å². The van der Waals surface area contributed by atoms with Crippen LogP contribution in [-0.2, 0) is 12.8 Å². The monoisotopic (exact) mass is 323 g/mol. The molecule has 0 unspecified atom stereocenters. The number of hydrogen-bond acceptors (Lipinski definition) is 5. The smallest absolute Gasteiger partial charge is 0.189 e.